The highest BCUT2D eigenvalue weighted by molar-refractivity contribution is 5.47. The Morgan fingerprint density at radius 2 is 1.83 bits per heavy atom. The van der Waals surface area contributed by atoms with Crippen molar-refractivity contribution in [2.45, 2.75) is 24.5 Å². The van der Waals surface area contributed by atoms with Crippen molar-refractivity contribution in [2.75, 3.05) is 19.0 Å². The molecule has 18 heavy (non-hydrogen) atoms. The molecule has 0 aromatic heterocycles. The molecular weight excluding hydrogens is 238 g/mol. The second-order valence-electron chi connectivity index (χ2n) is 4.18. The van der Waals surface area contributed by atoms with Crippen LogP contribution in [-0.4, -0.2) is 53.6 Å². The molecule has 100 valence electrons. The van der Waals surface area contributed by atoms with Crippen LogP contribution in [0.1, 0.15) is 0 Å². The zero-order valence-electron chi connectivity index (χ0n) is 9.98. The van der Waals surface area contributed by atoms with Crippen LogP contribution in [0.5, 0.6) is 5.75 Å². The predicted molar refractivity (Wildman–Crippen MR) is 64.4 cm³/mol. The maximum atomic E-state index is 9.75. The highest BCUT2D eigenvalue weighted by atomic mass is 16.5. The Morgan fingerprint density at radius 3 is 2.44 bits per heavy atom. The standard InChI is InChI=1S/C12H17NO5/c1-17-8-4-2-7(3-5-8)13-12-11(16)10(15)9(14)6-18-12/h2-5,9-16H,6H2,1H3/t9-,10+,11-,12+/m0/s1. The second kappa shape index (κ2) is 5.53. The fourth-order valence-electron chi connectivity index (χ4n) is 1.78. The fourth-order valence-corrected chi connectivity index (χ4v) is 1.78. The summed E-state index contributed by atoms with van der Waals surface area (Å²) in [4.78, 5) is 0. The Hall–Kier alpha value is -1.34. The molecule has 4 N–H and O–H groups in total. The zero-order chi connectivity index (χ0) is 13.1. The molecule has 0 saturated carbocycles. The molecule has 0 radical (unpaired) electrons. The van der Waals surface area contributed by atoms with Gasteiger partial charge in [-0.3, -0.25) is 0 Å². The summed E-state index contributed by atoms with van der Waals surface area (Å²) in [6.07, 6.45) is -4.21. The van der Waals surface area contributed by atoms with E-state index in [2.05, 4.69) is 5.32 Å². The Kier molecular flexibility index (Phi) is 4.03. The summed E-state index contributed by atoms with van der Waals surface area (Å²) in [5.41, 5.74) is 0.725. The minimum atomic E-state index is -1.21. The lowest BCUT2D eigenvalue weighted by atomic mass is 10.0. The van der Waals surface area contributed by atoms with Crippen LogP contribution in [0.15, 0.2) is 24.3 Å². The van der Waals surface area contributed by atoms with E-state index in [0.717, 1.165) is 11.4 Å². The summed E-state index contributed by atoms with van der Waals surface area (Å²) in [5.74, 6) is 0.723. The molecule has 1 aromatic rings. The van der Waals surface area contributed by atoms with E-state index < -0.39 is 24.5 Å². The van der Waals surface area contributed by atoms with Crippen LogP contribution in [0.2, 0.25) is 0 Å². The largest absolute Gasteiger partial charge is 0.497 e. The molecule has 1 heterocycles. The average Bonchev–Trinajstić information content (AvgIpc) is 2.40. The van der Waals surface area contributed by atoms with Gasteiger partial charge in [-0.05, 0) is 24.3 Å². The van der Waals surface area contributed by atoms with Crippen molar-refractivity contribution in [3.05, 3.63) is 24.3 Å². The van der Waals surface area contributed by atoms with Crippen LogP contribution in [0, 0.1) is 0 Å². The van der Waals surface area contributed by atoms with Crippen LogP contribution in [0.25, 0.3) is 0 Å². The van der Waals surface area contributed by atoms with Crippen molar-refractivity contribution in [3.8, 4) is 5.75 Å². The number of hydrogen-bond acceptors (Lipinski definition) is 6. The number of rotatable bonds is 3. The van der Waals surface area contributed by atoms with Crippen LogP contribution in [0.3, 0.4) is 0 Å². The molecule has 1 aromatic carbocycles. The molecule has 4 atom stereocenters. The minimum absolute atomic E-state index is 0.0218. The lowest BCUT2D eigenvalue weighted by Crippen LogP contribution is -2.55. The average molecular weight is 255 g/mol. The summed E-state index contributed by atoms with van der Waals surface area (Å²) in [6.45, 7) is -0.0218. The van der Waals surface area contributed by atoms with E-state index in [1.54, 1.807) is 31.4 Å². The monoisotopic (exact) mass is 255 g/mol. The Balaban J connectivity index is 2.00. The van der Waals surface area contributed by atoms with Gasteiger partial charge < -0.3 is 30.1 Å². The van der Waals surface area contributed by atoms with Crippen molar-refractivity contribution in [1.29, 1.82) is 0 Å². The van der Waals surface area contributed by atoms with Crippen LogP contribution < -0.4 is 10.1 Å². The number of aliphatic hydroxyl groups excluding tert-OH is 3. The Morgan fingerprint density at radius 1 is 1.17 bits per heavy atom. The van der Waals surface area contributed by atoms with Crippen LogP contribution in [-0.2, 0) is 4.74 Å². The molecule has 0 amide bonds. The molecule has 0 bridgehead atoms. The van der Waals surface area contributed by atoms with Crippen molar-refractivity contribution in [3.63, 3.8) is 0 Å². The van der Waals surface area contributed by atoms with Gasteiger partial charge in [-0.25, -0.2) is 0 Å². The summed E-state index contributed by atoms with van der Waals surface area (Å²) in [5, 5.41) is 31.5. The smallest absolute Gasteiger partial charge is 0.156 e. The third-order valence-corrected chi connectivity index (χ3v) is 2.90. The van der Waals surface area contributed by atoms with E-state index in [9.17, 15) is 15.3 Å². The van der Waals surface area contributed by atoms with E-state index in [0.29, 0.717) is 0 Å². The van der Waals surface area contributed by atoms with Crippen molar-refractivity contribution in [1.82, 2.24) is 0 Å². The molecule has 2 rings (SSSR count). The molecule has 6 nitrogen and oxygen atoms in total. The molecule has 6 heteroatoms. The molecule has 0 spiro atoms. The highest BCUT2D eigenvalue weighted by Crippen LogP contribution is 2.20. The molecule has 1 aliphatic heterocycles. The van der Waals surface area contributed by atoms with Gasteiger partial charge in [0.2, 0.25) is 0 Å². The number of methoxy groups -OCH3 is 1. The molecule has 0 aliphatic carbocycles. The number of anilines is 1. The second-order valence-corrected chi connectivity index (χ2v) is 4.18. The van der Waals surface area contributed by atoms with Crippen LogP contribution >= 0.6 is 0 Å². The first-order chi connectivity index (χ1) is 8.61. The van der Waals surface area contributed by atoms with Gasteiger partial charge in [0.05, 0.1) is 13.7 Å². The third kappa shape index (κ3) is 2.73. The summed E-state index contributed by atoms with van der Waals surface area (Å²) >= 11 is 0. The molecule has 1 saturated heterocycles. The molecular formula is C12H17NO5. The lowest BCUT2D eigenvalue weighted by molar-refractivity contribution is -0.178. The third-order valence-electron chi connectivity index (χ3n) is 2.90. The first-order valence-corrected chi connectivity index (χ1v) is 5.68. The number of aliphatic hydroxyl groups is 3. The minimum Gasteiger partial charge on any atom is -0.497 e. The summed E-state index contributed by atoms with van der Waals surface area (Å²) in [6, 6.07) is 7.07. The van der Waals surface area contributed by atoms with Crippen molar-refractivity contribution >= 4 is 5.69 Å². The molecule has 0 unspecified atom stereocenters. The van der Waals surface area contributed by atoms with E-state index >= 15 is 0 Å². The van der Waals surface area contributed by atoms with Gasteiger partial charge in [0.15, 0.2) is 6.23 Å². The van der Waals surface area contributed by atoms with Gasteiger partial charge in [-0.1, -0.05) is 0 Å². The van der Waals surface area contributed by atoms with E-state index in [4.69, 9.17) is 9.47 Å². The SMILES string of the molecule is COc1ccc(N[C@@H]2OC[C@H](O)[C@@H](O)[C@@H]2O)cc1. The van der Waals surface area contributed by atoms with Gasteiger partial charge in [0.1, 0.15) is 24.1 Å². The van der Waals surface area contributed by atoms with Crippen LogP contribution in [0.4, 0.5) is 5.69 Å². The Labute approximate surface area is 105 Å². The van der Waals surface area contributed by atoms with Gasteiger partial charge in [0.25, 0.3) is 0 Å². The number of ether oxygens (including phenoxy) is 2. The number of nitrogens with one attached hydrogen (secondary N) is 1. The normalized spacial score (nSPS) is 32.0. The topological polar surface area (TPSA) is 91.2 Å². The van der Waals surface area contributed by atoms with Gasteiger partial charge in [-0.15, -0.1) is 0 Å². The maximum absolute atomic E-state index is 9.75. The van der Waals surface area contributed by atoms with Crippen molar-refractivity contribution in [2.24, 2.45) is 0 Å². The first-order valence-electron chi connectivity index (χ1n) is 5.68. The van der Waals surface area contributed by atoms with Gasteiger partial charge >= 0.3 is 0 Å². The van der Waals surface area contributed by atoms with E-state index in [1.165, 1.54) is 0 Å². The molecule has 1 aliphatic rings. The van der Waals surface area contributed by atoms with E-state index in [1.807, 2.05) is 0 Å². The van der Waals surface area contributed by atoms with E-state index in [-0.39, 0.29) is 6.61 Å². The van der Waals surface area contributed by atoms with Crippen molar-refractivity contribution < 1.29 is 24.8 Å². The molecule has 1 fully saturated rings. The maximum Gasteiger partial charge on any atom is 0.156 e. The zero-order valence-corrected chi connectivity index (χ0v) is 9.98. The number of benzene rings is 1. The fraction of sp³-hybridized carbons (Fsp3) is 0.500. The number of hydrogen-bond donors (Lipinski definition) is 4. The first kappa shape index (κ1) is 13.1. The quantitative estimate of drug-likeness (QED) is 0.584. The summed E-state index contributed by atoms with van der Waals surface area (Å²) < 4.78 is 10.3. The highest BCUT2D eigenvalue weighted by Gasteiger charge is 2.37. The van der Waals surface area contributed by atoms with Gasteiger partial charge in [-0.2, -0.15) is 0 Å². The Bertz CT molecular complexity index is 383. The summed E-state index contributed by atoms with van der Waals surface area (Å²) in [7, 11) is 1.58. The predicted octanol–water partition coefficient (Wildman–Crippen LogP) is -0.454. The lowest BCUT2D eigenvalue weighted by Gasteiger charge is -2.35. The van der Waals surface area contributed by atoms with Gasteiger partial charge in [0, 0.05) is 5.69 Å².